The van der Waals surface area contributed by atoms with Crippen molar-refractivity contribution in [1.82, 2.24) is 10.2 Å². The molecule has 1 rings (SSSR count). The van der Waals surface area contributed by atoms with Gasteiger partial charge in [-0.1, -0.05) is 13.8 Å². The number of carbonyl (C=O) groups is 2. The summed E-state index contributed by atoms with van der Waals surface area (Å²) in [5, 5.41) is 12.9. The van der Waals surface area contributed by atoms with E-state index in [0.29, 0.717) is 26.1 Å². The molecule has 7 heteroatoms. The molecule has 0 spiro atoms. The number of primary amides is 1. The van der Waals surface area contributed by atoms with Crippen LogP contribution in [0, 0.1) is 5.92 Å². The zero-order chi connectivity index (χ0) is 15.3. The zero-order valence-electron chi connectivity index (χ0n) is 12.4. The molecular formula is C13H25N3O4. The largest absolute Gasteiger partial charge is 0.388 e. The Morgan fingerprint density at radius 1 is 1.40 bits per heavy atom. The van der Waals surface area contributed by atoms with Crippen molar-refractivity contribution in [3.63, 3.8) is 0 Å². The Hall–Kier alpha value is -1.34. The lowest BCUT2D eigenvalue weighted by Crippen LogP contribution is -2.55. The zero-order valence-corrected chi connectivity index (χ0v) is 12.4. The van der Waals surface area contributed by atoms with Crippen LogP contribution in [-0.2, 0) is 9.53 Å². The lowest BCUT2D eigenvalue weighted by atomic mass is 9.93. The van der Waals surface area contributed by atoms with Crippen LogP contribution in [0.25, 0.3) is 0 Å². The molecule has 4 N–H and O–H groups in total. The van der Waals surface area contributed by atoms with Crippen molar-refractivity contribution < 1.29 is 19.4 Å². The van der Waals surface area contributed by atoms with Gasteiger partial charge in [0.1, 0.15) is 6.04 Å². The van der Waals surface area contributed by atoms with Crippen LogP contribution in [-0.4, -0.2) is 60.4 Å². The molecule has 0 aromatic carbocycles. The number of hydrogen-bond acceptors (Lipinski definition) is 4. The van der Waals surface area contributed by atoms with Gasteiger partial charge in [-0.25, -0.2) is 4.79 Å². The summed E-state index contributed by atoms with van der Waals surface area (Å²) in [7, 11) is 1.62. The number of nitrogens with one attached hydrogen (secondary N) is 1. The average Bonchev–Trinajstić information content (AvgIpc) is 2.34. The van der Waals surface area contributed by atoms with E-state index >= 15 is 0 Å². The van der Waals surface area contributed by atoms with Crippen LogP contribution in [0.5, 0.6) is 0 Å². The van der Waals surface area contributed by atoms with Crippen LogP contribution in [0.15, 0.2) is 0 Å². The summed E-state index contributed by atoms with van der Waals surface area (Å²) in [6.07, 6.45) is 1.00. The monoisotopic (exact) mass is 287 g/mol. The predicted molar refractivity (Wildman–Crippen MR) is 74.0 cm³/mol. The number of urea groups is 1. The summed E-state index contributed by atoms with van der Waals surface area (Å²) in [5.74, 6) is -0.333. The van der Waals surface area contributed by atoms with Crippen LogP contribution >= 0.6 is 0 Å². The average molecular weight is 287 g/mol. The highest BCUT2D eigenvalue weighted by atomic mass is 16.5. The fraction of sp³-hybridized carbons (Fsp3) is 0.846. The van der Waals surface area contributed by atoms with E-state index in [1.54, 1.807) is 7.05 Å². The number of hydrogen-bond donors (Lipinski definition) is 3. The number of rotatable bonds is 5. The molecular weight excluding hydrogens is 262 g/mol. The molecule has 0 aromatic heterocycles. The van der Waals surface area contributed by atoms with Gasteiger partial charge >= 0.3 is 6.03 Å². The Bertz CT molecular complexity index is 354. The summed E-state index contributed by atoms with van der Waals surface area (Å²) in [4.78, 5) is 24.8. The molecule has 0 bridgehead atoms. The van der Waals surface area contributed by atoms with E-state index in [1.807, 2.05) is 13.8 Å². The first-order chi connectivity index (χ1) is 9.25. The molecule has 1 aliphatic heterocycles. The standard InChI is InChI=1S/C13H25N3O4/c1-9(2)10(15-12(14)18)11(17)16(3)8-13(19)4-6-20-7-5-13/h9-10,19H,4-8H2,1-3H3,(H3,14,15,18). The fourth-order valence-corrected chi connectivity index (χ4v) is 2.33. The van der Waals surface area contributed by atoms with E-state index in [9.17, 15) is 14.7 Å². The third kappa shape index (κ3) is 4.64. The van der Waals surface area contributed by atoms with Gasteiger partial charge in [-0.3, -0.25) is 4.79 Å². The van der Waals surface area contributed by atoms with E-state index in [0.717, 1.165) is 0 Å². The molecule has 116 valence electrons. The van der Waals surface area contributed by atoms with Crippen LogP contribution in [0.3, 0.4) is 0 Å². The summed E-state index contributed by atoms with van der Waals surface area (Å²) >= 11 is 0. The Balaban J connectivity index is 2.66. The molecule has 20 heavy (non-hydrogen) atoms. The van der Waals surface area contributed by atoms with Gasteiger partial charge in [-0.05, 0) is 5.92 Å². The molecule has 0 aromatic rings. The molecule has 1 saturated heterocycles. The van der Waals surface area contributed by atoms with Crippen LogP contribution in [0.2, 0.25) is 0 Å². The smallest absolute Gasteiger partial charge is 0.312 e. The number of carbonyl (C=O) groups excluding carboxylic acids is 2. The number of amides is 3. The normalized spacial score (nSPS) is 19.4. The molecule has 1 unspecified atom stereocenters. The minimum absolute atomic E-state index is 0.0817. The maximum absolute atomic E-state index is 12.3. The highest BCUT2D eigenvalue weighted by molar-refractivity contribution is 5.86. The maximum Gasteiger partial charge on any atom is 0.312 e. The van der Waals surface area contributed by atoms with Crippen molar-refractivity contribution in [3.8, 4) is 0 Å². The first-order valence-corrected chi connectivity index (χ1v) is 6.86. The highest BCUT2D eigenvalue weighted by Crippen LogP contribution is 2.21. The summed E-state index contributed by atoms with van der Waals surface area (Å²) < 4.78 is 5.21. The van der Waals surface area contributed by atoms with Crippen molar-refractivity contribution in [2.24, 2.45) is 11.7 Å². The molecule has 0 aliphatic carbocycles. The van der Waals surface area contributed by atoms with Crippen LogP contribution < -0.4 is 11.1 Å². The van der Waals surface area contributed by atoms with Gasteiger partial charge in [0.25, 0.3) is 0 Å². The Labute approximate surface area is 119 Å². The van der Waals surface area contributed by atoms with E-state index in [1.165, 1.54) is 4.90 Å². The minimum Gasteiger partial charge on any atom is -0.388 e. The van der Waals surface area contributed by atoms with Gasteiger partial charge < -0.3 is 25.8 Å². The molecule has 0 saturated carbocycles. The quantitative estimate of drug-likeness (QED) is 0.644. The number of aliphatic hydroxyl groups is 1. The maximum atomic E-state index is 12.3. The number of nitrogens with zero attached hydrogens (tertiary/aromatic N) is 1. The predicted octanol–water partition coefficient (Wildman–Crippen LogP) is -0.321. The van der Waals surface area contributed by atoms with Crippen LogP contribution in [0.4, 0.5) is 4.79 Å². The first kappa shape index (κ1) is 16.7. The van der Waals surface area contributed by atoms with Gasteiger partial charge in [-0.15, -0.1) is 0 Å². The van der Waals surface area contributed by atoms with Gasteiger partial charge in [0.2, 0.25) is 5.91 Å². The first-order valence-electron chi connectivity index (χ1n) is 6.86. The second-order valence-corrected chi connectivity index (χ2v) is 5.76. The second-order valence-electron chi connectivity index (χ2n) is 5.76. The molecule has 1 fully saturated rings. The molecule has 3 amide bonds. The molecule has 1 aliphatic rings. The van der Waals surface area contributed by atoms with Gasteiger partial charge in [0.15, 0.2) is 0 Å². The fourth-order valence-electron chi connectivity index (χ4n) is 2.33. The molecule has 0 radical (unpaired) electrons. The Kier molecular flexibility index (Phi) is 5.76. The lowest BCUT2D eigenvalue weighted by molar-refractivity contribution is -0.139. The summed E-state index contributed by atoms with van der Waals surface area (Å²) in [6, 6.07) is -1.41. The molecule has 1 atom stereocenters. The van der Waals surface area contributed by atoms with E-state index < -0.39 is 17.7 Å². The van der Waals surface area contributed by atoms with Gasteiger partial charge in [-0.2, -0.15) is 0 Å². The van der Waals surface area contributed by atoms with Crippen molar-refractivity contribution in [2.75, 3.05) is 26.8 Å². The van der Waals surface area contributed by atoms with Crippen molar-refractivity contribution >= 4 is 11.9 Å². The van der Waals surface area contributed by atoms with E-state index in [-0.39, 0.29) is 18.4 Å². The number of ether oxygens (including phenoxy) is 1. The third-order valence-electron chi connectivity index (χ3n) is 3.56. The lowest BCUT2D eigenvalue weighted by Gasteiger charge is -2.36. The van der Waals surface area contributed by atoms with Gasteiger partial charge in [0, 0.05) is 39.6 Å². The van der Waals surface area contributed by atoms with E-state index in [4.69, 9.17) is 10.5 Å². The molecule has 1 heterocycles. The minimum atomic E-state index is -0.920. The molecule has 7 nitrogen and oxygen atoms in total. The van der Waals surface area contributed by atoms with Crippen LogP contribution in [0.1, 0.15) is 26.7 Å². The van der Waals surface area contributed by atoms with E-state index in [2.05, 4.69) is 5.32 Å². The topological polar surface area (TPSA) is 105 Å². The summed E-state index contributed by atoms with van der Waals surface area (Å²) in [5.41, 5.74) is 4.17. The van der Waals surface area contributed by atoms with Gasteiger partial charge in [0.05, 0.1) is 5.60 Å². The van der Waals surface area contributed by atoms with Crippen molar-refractivity contribution in [3.05, 3.63) is 0 Å². The van der Waals surface area contributed by atoms with Crippen molar-refractivity contribution in [1.29, 1.82) is 0 Å². The highest BCUT2D eigenvalue weighted by Gasteiger charge is 2.34. The third-order valence-corrected chi connectivity index (χ3v) is 3.56. The SMILES string of the molecule is CC(C)C(NC(N)=O)C(=O)N(C)CC1(O)CCOCC1. The number of nitrogens with two attached hydrogens (primary N) is 1. The number of likely N-dealkylation sites (N-methyl/N-ethyl adjacent to an activating group) is 1. The Morgan fingerprint density at radius 3 is 2.40 bits per heavy atom. The summed E-state index contributed by atoms with van der Waals surface area (Å²) in [6.45, 7) is 4.86. The second kappa shape index (κ2) is 6.90. The Morgan fingerprint density at radius 2 is 1.95 bits per heavy atom. The van der Waals surface area contributed by atoms with Crippen molar-refractivity contribution in [2.45, 2.75) is 38.3 Å².